The zero-order valence-corrected chi connectivity index (χ0v) is 18.5. The second-order valence-corrected chi connectivity index (χ2v) is 10.3. The first-order chi connectivity index (χ1) is 14.3. The molecule has 3 rings (SSSR count). The Bertz CT molecular complexity index is 889. The summed E-state index contributed by atoms with van der Waals surface area (Å²) in [5, 5.41) is 20.7. The SMILES string of the molecule is Cc1nnc(SCC2=C(C(=O)O)N3C(=O)C(NC(=O)CCCC(N)C=O)[C@@H]3SC2)s1. The van der Waals surface area contributed by atoms with E-state index in [0.717, 1.165) is 9.35 Å². The summed E-state index contributed by atoms with van der Waals surface area (Å²) in [6.45, 7) is 1.84. The first kappa shape index (κ1) is 22.7. The van der Waals surface area contributed by atoms with Gasteiger partial charge in [-0.15, -0.1) is 22.0 Å². The van der Waals surface area contributed by atoms with Crippen LogP contribution in [0.2, 0.25) is 0 Å². The van der Waals surface area contributed by atoms with Gasteiger partial charge in [-0.05, 0) is 25.3 Å². The smallest absolute Gasteiger partial charge is 0.352 e. The van der Waals surface area contributed by atoms with Gasteiger partial charge in [-0.25, -0.2) is 4.79 Å². The lowest BCUT2D eigenvalue weighted by atomic mass is 10.0. The predicted molar refractivity (Wildman–Crippen MR) is 113 cm³/mol. The Balaban J connectivity index is 1.61. The number of amides is 2. The monoisotopic (exact) mass is 471 g/mol. The fourth-order valence-electron chi connectivity index (χ4n) is 3.09. The lowest BCUT2D eigenvalue weighted by Crippen LogP contribution is -2.70. The van der Waals surface area contributed by atoms with Crippen LogP contribution in [0.25, 0.3) is 0 Å². The maximum atomic E-state index is 12.6. The number of carboxylic acids is 1. The Morgan fingerprint density at radius 3 is 2.87 bits per heavy atom. The molecule has 3 heterocycles. The van der Waals surface area contributed by atoms with E-state index in [2.05, 4.69) is 15.5 Å². The van der Waals surface area contributed by atoms with E-state index in [4.69, 9.17) is 5.73 Å². The minimum atomic E-state index is -1.16. The number of β-lactam (4-membered cyclic amide) rings is 1. The van der Waals surface area contributed by atoms with Crippen LogP contribution in [0.5, 0.6) is 0 Å². The molecule has 2 aliphatic heterocycles. The number of carbonyl (C=O) groups excluding carboxylic acids is 3. The highest BCUT2D eigenvalue weighted by atomic mass is 32.2. The zero-order chi connectivity index (χ0) is 21.8. The van der Waals surface area contributed by atoms with Gasteiger partial charge in [0.05, 0.1) is 6.04 Å². The number of nitrogens with one attached hydrogen (secondary N) is 1. The number of hydrogen-bond donors (Lipinski definition) is 3. The molecule has 4 N–H and O–H groups in total. The summed E-state index contributed by atoms with van der Waals surface area (Å²) in [6, 6.07) is -1.35. The average molecular weight is 472 g/mol. The van der Waals surface area contributed by atoms with Crippen LogP contribution >= 0.6 is 34.9 Å². The van der Waals surface area contributed by atoms with Crippen LogP contribution in [0.15, 0.2) is 15.6 Å². The number of fused-ring (bicyclic) bond motifs is 1. The molecule has 3 atom stereocenters. The molecule has 0 saturated carbocycles. The van der Waals surface area contributed by atoms with E-state index in [1.54, 1.807) is 0 Å². The number of aryl methyl sites for hydroxylation is 1. The fraction of sp³-hybridized carbons (Fsp3) is 0.529. The number of hydrogen-bond acceptors (Lipinski definition) is 10. The van der Waals surface area contributed by atoms with Crippen LogP contribution < -0.4 is 11.1 Å². The highest BCUT2D eigenvalue weighted by Crippen LogP contribution is 2.41. The van der Waals surface area contributed by atoms with Crippen molar-refractivity contribution in [2.75, 3.05) is 11.5 Å². The first-order valence-corrected chi connectivity index (χ1v) is 12.0. The van der Waals surface area contributed by atoms with E-state index in [9.17, 15) is 24.3 Å². The maximum Gasteiger partial charge on any atom is 0.352 e. The van der Waals surface area contributed by atoms with Crippen molar-refractivity contribution in [3.63, 3.8) is 0 Å². The number of aliphatic carboxylic acids is 1. The number of aldehydes is 1. The standard InChI is InChI=1S/C17H21N5O5S3/c1-8-20-21-17(30-8)29-7-9-6-28-15-12(14(25)22(15)13(9)16(26)27)19-11(24)4-2-3-10(18)5-23/h5,10,12,15H,2-4,6-7,18H2,1H3,(H,19,24)(H,26,27)/t10?,12?,15-/m0/s1. The Morgan fingerprint density at radius 2 is 2.23 bits per heavy atom. The third-order valence-electron chi connectivity index (χ3n) is 4.56. The number of nitrogens with zero attached hydrogens (tertiary/aromatic N) is 3. The Hall–Kier alpha value is -1.96. The van der Waals surface area contributed by atoms with Crippen LogP contribution in [-0.2, 0) is 19.2 Å². The number of aromatic nitrogens is 2. The van der Waals surface area contributed by atoms with Gasteiger partial charge in [-0.2, -0.15) is 0 Å². The van der Waals surface area contributed by atoms with Crippen LogP contribution in [0.1, 0.15) is 24.3 Å². The van der Waals surface area contributed by atoms with Crippen molar-refractivity contribution in [2.45, 2.75) is 48.0 Å². The molecule has 30 heavy (non-hydrogen) atoms. The third kappa shape index (κ3) is 5.02. The molecule has 0 spiro atoms. The van der Waals surface area contributed by atoms with E-state index in [1.807, 2.05) is 6.92 Å². The molecule has 1 aromatic rings. The van der Waals surface area contributed by atoms with Crippen molar-refractivity contribution in [1.82, 2.24) is 20.4 Å². The summed E-state index contributed by atoms with van der Waals surface area (Å²) >= 11 is 4.24. The number of rotatable bonds is 10. The van der Waals surface area contributed by atoms with Gasteiger partial charge in [0.25, 0.3) is 5.91 Å². The summed E-state index contributed by atoms with van der Waals surface area (Å²) < 4.78 is 0.742. The molecule has 0 aromatic carbocycles. The van der Waals surface area contributed by atoms with E-state index in [1.165, 1.54) is 39.8 Å². The second-order valence-electron chi connectivity index (χ2n) is 6.78. The summed E-state index contributed by atoms with van der Waals surface area (Å²) in [6.07, 6.45) is 1.60. The fourth-order valence-corrected chi connectivity index (χ4v) is 6.39. The van der Waals surface area contributed by atoms with E-state index in [0.29, 0.717) is 36.2 Å². The molecular weight excluding hydrogens is 450 g/mol. The van der Waals surface area contributed by atoms with Crippen molar-refractivity contribution in [1.29, 1.82) is 0 Å². The van der Waals surface area contributed by atoms with E-state index < -0.39 is 29.3 Å². The summed E-state index contributed by atoms with van der Waals surface area (Å²) in [7, 11) is 0. The molecule has 1 fully saturated rings. The highest BCUT2D eigenvalue weighted by molar-refractivity contribution is 8.01. The Morgan fingerprint density at radius 1 is 1.47 bits per heavy atom. The van der Waals surface area contributed by atoms with Crippen molar-refractivity contribution >= 4 is 58.9 Å². The molecule has 162 valence electrons. The lowest BCUT2D eigenvalue weighted by Gasteiger charge is -2.49. The minimum absolute atomic E-state index is 0.0139. The number of thioether (sulfide) groups is 2. The van der Waals surface area contributed by atoms with Gasteiger partial charge in [-0.3, -0.25) is 14.5 Å². The number of carbonyl (C=O) groups is 4. The van der Waals surface area contributed by atoms with Crippen LogP contribution in [0, 0.1) is 6.92 Å². The van der Waals surface area contributed by atoms with E-state index in [-0.39, 0.29) is 18.0 Å². The molecular formula is C17H21N5O5S3. The number of carboxylic acid groups (broad SMARTS) is 1. The molecule has 1 aromatic heterocycles. The first-order valence-electron chi connectivity index (χ1n) is 9.15. The molecule has 2 unspecified atom stereocenters. The normalized spacial score (nSPS) is 21.7. The topological polar surface area (TPSA) is 156 Å². The van der Waals surface area contributed by atoms with Gasteiger partial charge in [0, 0.05) is 17.9 Å². The van der Waals surface area contributed by atoms with Gasteiger partial charge >= 0.3 is 5.97 Å². The van der Waals surface area contributed by atoms with E-state index >= 15 is 0 Å². The van der Waals surface area contributed by atoms with Gasteiger partial charge in [0.2, 0.25) is 5.91 Å². The summed E-state index contributed by atoms with van der Waals surface area (Å²) in [5.41, 5.74) is 6.12. The van der Waals surface area contributed by atoms with Crippen molar-refractivity contribution in [3.8, 4) is 0 Å². The summed E-state index contributed by atoms with van der Waals surface area (Å²) in [4.78, 5) is 48.3. The molecule has 13 heteroatoms. The quantitative estimate of drug-likeness (QED) is 0.248. The third-order valence-corrected chi connectivity index (χ3v) is 7.96. The molecule has 0 radical (unpaired) electrons. The Kier molecular flexibility index (Phi) is 7.50. The molecule has 2 amide bonds. The largest absolute Gasteiger partial charge is 0.477 e. The summed E-state index contributed by atoms with van der Waals surface area (Å²) in [5.74, 6) is -1.07. The van der Waals surface area contributed by atoms with Crippen LogP contribution in [0.3, 0.4) is 0 Å². The van der Waals surface area contributed by atoms with Crippen molar-refractivity contribution in [3.05, 3.63) is 16.3 Å². The average Bonchev–Trinajstić information content (AvgIpc) is 3.14. The molecule has 10 nitrogen and oxygen atoms in total. The van der Waals surface area contributed by atoms with Gasteiger partial charge in [-0.1, -0.05) is 23.1 Å². The lowest BCUT2D eigenvalue weighted by molar-refractivity contribution is -0.150. The molecule has 0 aliphatic carbocycles. The number of nitrogens with two attached hydrogens (primary N) is 1. The maximum absolute atomic E-state index is 12.6. The molecule has 1 saturated heterocycles. The highest BCUT2D eigenvalue weighted by Gasteiger charge is 2.54. The minimum Gasteiger partial charge on any atom is -0.477 e. The second kappa shape index (κ2) is 9.90. The van der Waals surface area contributed by atoms with Crippen molar-refractivity contribution in [2.24, 2.45) is 5.73 Å². The van der Waals surface area contributed by atoms with Crippen LogP contribution in [-0.4, -0.2) is 73.2 Å². The molecule has 2 aliphatic rings. The Labute approximate surface area is 185 Å². The van der Waals surface area contributed by atoms with Gasteiger partial charge < -0.3 is 21.0 Å². The van der Waals surface area contributed by atoms with Crippen molar-refractivity contribution < 1.29 is 24.3 Å². The zero-order valence-electron chi connectivity index (χ0n) is 16.1. The predicted octanol–water partition coefficient (Wildman–Crippen LogP) is 0.374. The van der Waals surface area contributed by atoms with Gasteiger partial charge in [0.15, 0.2) is 4.34 Å². The molecule has 0 bridgehead atoms. The van der Waals surface area contributed by atoms with Crippen LogP contribution in [0.4, 0.5) is 0 Å². The van der Waals surface area contributed by atoms with Gasteiger partial charge in [0.1, 0.15) is 28.4 Å².